The molecule has 0 spiro atoms. The van der Waals surface area contributed by atoms with Gasteiger partial charge in [-0.25, -0.2) is 13.4 Å². The van der Waals surface area contributed by atoms with Crippen LogP contribution in [0, 0.1) is 0 Å². The average molecular weight is 263 g/mol. The fourth-order valence-electron chi connectivity index (χ4n) is 1.10. The van der Waals surface area contributed by atoms with E-state index in [4.69, 9.17) is 10.7 Å². The van der Waals surface area contributed by atoms with Crippen molar-refractivity contribution in [3.05, 3.63) is 23.9 Å². The Kier molecular flexibility index (Phi) is 3.88. The molecule has 0 bridgehead atoms. The van der Waals surface area contributed by atoms with Crippen LogP contribution in [0.5, 0.6) is 0 Å². The summed E-state index contributed by atoms with van der Waals surface area (Å²) in [5.41, 5.74) is 0.302. The molecule has 0 saturated carbocycles. The number of carbonyl (C=O) groups is 1. The lowest BCUT2D eigenvalue weighted by atomic mass is 10.2. The highest BCUT2D eigenvalue weighted by molar-refractivity contribution is 8.13. The summed E-state index contributed by atoms with van der Waals surface area (Å²) >= 11 is 0. The molecular formula is C9H11ClN2O3S. The van der Waals surface area contributed by atoms with Gasteiger partial charge in [-0.1, -0.05) is 6.07 Å². The van der Waals surface area contributed by atoms with E-state index >= 15 is 0 Å². The number of carbonyl (C=O) groups excluding carboxylic acids is 1. The maximum Gasteiger partial charge on any atom is 0.278 e. The topological polar surface area (TPSA) is 67.3 Å². The quantitative estimate of drug-likeness (QED) is 0.750. The van der Waals surface area contributed by atoms with Gasteiger partial charge in [0.1, 0.15) is 0 Å². The summed E-state index contributed by atoms with van der Waals surface area (Å²) in [5.74, 6) is -0.213. The lowest BCUT2D eigenvalue weighted by Gasteiger charge is -2.11. The van der Waals surface area contributed by atoms with Crippen molar-refractivity contribution in [1.29, 1.82) is 0 Å². The third kappa shape index (κ3) is 3.18. The molecule has 1 aromatic rings. The largest absolute Gasteiger partial charge is 0.349 e. The minimum atomic E-state index is -3.91. The Morgan fingerprint density at radius 3 is 2.62 bits per heavy atom. The van der Waals surface area contributed by atoms with Gasteiger partial charge in [0.05, 0.1) is 6.42 Å². The van der Waals surface area contributed by atoms with Gasteiger partial charge < -0.3 is 4.90 Å². The molecule has 88 valence electrons. The van der Waals surface area contributed by atoms with E-state index in [0.29, 0.717) is 5.56 Å². The number of halogens is 1. The van der Waals surface area contributed by atoms with Gasteiger partial charge in [-0.15, -0.1) is 0 Å². The molecule has 7 heteroatoms. The van der Waals surface area contributed by atoms with Crippen LogP contribution in [-0.4, -0.2) is 38.3 Å². The van der Waals surface area contributed by atoms with Gasteiger partial charge in [0, 0.05) is 36.5 Å². The molecular weight excluding hydrogens is 252 g/mol. The average Bonchev–Trinajstić information content (AvgIpc) is 2.16. The molecule has 16 heavy (non-hydrogen) atoms. The van der Waals surface area contributed by atoms with Crippen molar-refractivity contribution < 1.29 is 13.2 Å². The number of rotatable bonds is 3. The van der Waals surface area contributed by atoms with Crippen molar-refractivity contribution in [1.82, 2.24) is 9.88 Å². The van der Waals surface area contributed by atoms with Gasteiger partial charge in [-0.3, -0.25) is 4.79 Å². The summed E-state index contributed by atoms with van der Waals surface area (Å²) < 4.78 is 22.4. The predicted octanol–water partition coefficient (Wildman–Crippen LogP) is 0.640. The molecule has 0 aliphatic rings. The van der Waals surface area contributed by atoms with Crippen LogP contribution in [0.3, 0.4) is 0 Å². The van der Waals surface area contributed by atoms with Gasteiger partial charge in [0.25, 0.3) is 9.05 Å². The molecule has 1 aromatic heterocycles. The second kappa shape index (κ2) is 4.80. The van der Waals surface area contributed by atoms with Crippen LogP contribution < -0.4 is 0 Å². The third-order valence-electron chi connectivity index (χ3n) is 1.92. The lowest BCUT2D eigenvalue weighted by Crippen LogP contribution is -2.24. The molecule has 0 aromatic carbocycles. The van der Waals surface area contributed by atoms with E-state index in [9.17, 15) is 13.2 Å². The van der Waals surface area contributed by atoms with Crippen molar-refractivity contribution in [2.24, 2.45) is 0 Å². The summed E-state index contributed by atoms with van der Waals surface area (Å²) in [6.45, 7) is 0. The van der Waals surface area contributed by atoms with Gasteiger partial charge in [-0.05, 0) is 6.07 Å². The minimum absolute atomic E-state index is 0.0396. The van der Waals surface area contributed by atoms with Crippen LogP contribution in [0.15, 0.2) is 23.4 Å². The van der Waals surface area contributed by atoms with E-state index in [2.05, 4.69) is 4.98 Å². The standard InChI is InChI=1S/C9H11ClN2O3S/c1-12(2)8(13)6-7-4-3-5-11-9(7)16(10,14)15/h3-5H,6H2,1-2H3. The molecule has 0 aliphatic carbocycles. The van der Waals surface area contributed by atoms with Crippen LogP contribution in [-0.2, 0) is 20.3 Å². The van der Waals surface area contributed by atoms with E-state index in [1.165, 1.54) is 17.2 Å². The first kappa shape index (κ1) is 12.9. The first-order chi connectivity index (χ1) is 7.32. The lowest BCUT2D eigenvalue weighted by molar-refractivity contribution is -0.128. The Labute approximate surface area is 98.5 Å². The Morgan fingerprint density at radius 1 is 1.50 bits per heavy atom. The molecule has 1 heterocycles. The molecule has 0 fully saturated rings. The van der Waals surface area contributed by atoms with Crippen LogP contribution >= 0.6 is 10.7 Å². The van der Waals surface area contributed by atoms with E-state index in [1.54, 1.807) is 20.2 Å². The second-order valence-electron chi connectivity index (χ2n) is 3.37. The SMILES string of the molecule is CN(C)C(=O)Cc1cccnc1S(=O)(=O)Cl. The Bertz CT molecular complexity index is 499. The fourth-order valence-corrected chi connectivity index (χ4v) is 2.16. The highest BCUT2D eigenvalue weighted by atomic mass is 35.7. The van der Waals surface area contributed by atoms with E-state index in [0.717, 1.165) is 0 Å². The number of nitrogens with zero attached hydrogens (tertiary/aromatic N) is 2. The summed E-state index contributed by atoms with van der Waals surface area (Å²) in [6.07, 6.45) is 1.28. The first-order valence-corrected chi connectivity index (χ1v) is 6.72. The minimum Gasteiger partial charge on any atom is -0.349 e. The van der Waals surface area contributed by atoms with E-state index < -0.39 is 9.05 Å². The van der Waals surface area contributed by atoms with Crippen molar-refractivity contribution in [2.75, 3.05) is 14.1 Å². The van der Waals surface area contributed by atoms with Crippen LogP contribution in [0.4, 0.5) is 0 Å². The fraction of sp³-hybridized carbons (Fsp3) is 0.333. The molecule has 0 atom stereocenters. The summed E-state index contributed by atoms with van der Waals surface area (Å²) in [4.78, 5) is 16.5. The zero-order valence-electron chi connectivity index (χ0n) is 8.84. The number of hydrogen-bond donors (Lipinski definition) is 0. The maximum atomic E-state index is 11.5. The van der Waals surface area contributed by atoms with Crippen molar-refractivity contribution in [3.8, 4) is 0 Å². The van der Waals surface area contributed by atoms with Crippen LogP contribution in [0.2, 0.25) is 0 Å². The summed E-state index contributed by atoms with van der Waals surface area (Å²) in [6, 6.07) is 3.08. The Hall–Kier alpha value is -1.14. The zero-order valence-corrected chi connectivity index (χ0v) is 10.4. The second-order valence-corrected chi connectivity index (χ2v) is 5.85. The van der Waals surface area contributed by atoms with Crippen LogP contribution in [0.1, 0.15) is 5.56 Å². The molecule has 5 nitrogen and oxygen atoms in total. The van der Waals surface area contributed by atoms with Gasteiger partial charge in [0.15, 0.2) is 5.03 Å². The molecule has 0 saturated heterocycles. The number of likely N-dealkylation sites (N-methyl/N-ethyl adjacent to an activating group) is 1. The van der Waals surface area contributed by atoms with Gasteiger partial charge in [0.2, 0.25) is 5.91 Å². The number of hydrogen-bond acceptors (Lipinski definition) is 4. The highest BCUT2D eigenvalue weighted by Crippen LogP contribution is 2.17. The highest BCUT2D eigenvalue weighted by Gasteiger charge is 2.19. The first-order valence-electron chi connectivity index (χ1n) is 4.41. The van der Waals surface area contributed by atoms with E-state index in [1.807, 2.05) is 0 Å². The maximum absolute atomic E-state index is 11.5. The normalized spacial score (nSPS) is 11.2. The van der Waals surface area contributed by atoms with Crippen molar-refractivity contribution >= 4 is 25.6 Å². The number of aromatic nitrogens is 1. The summed E-state index contributed by atoms with van der Waals surface area (Å²) in [7, 11) is 4.48. The molecule has 0 aliphatic heterocycles. The van der Waals surface area contributed by atoms with Gasteiger partial charge in [-0.2, -0.15) is 0 Å². The third-order valence-corrected chi connectivity index (χ3v) is 3.19. The van der Waals surface area contributed by atoms with E-state index in [-0.39, 0.29) is 17.4 Å². The molecule has 0 unspecified atom stereocenters. The van der Waals surface area contributed by atoms with Crippen molar-refractivity contribution in [2.45, 2.75) is 11.4 Å². The summed E-state index contributed by atoms with van der Waals surface area (Å²) in [5, 5.41) is -0.258. The molecule has 1 amide bonds. The number of pyridine rings is 1. The predicted molar refractivity (Wildman–Crippen MR) is 59.7 cm³/mol. The Morgan fingerprint density at radius 2 is 2.12 bits per heavy atom. The number of amides is 1. The monoisotopic (exact) mass is 262 g/mol. The smallest absolute Gasteiger partial charge is 0.278 e. The zero-order chi connectivity index (χ0) is 12.3. The Balaban J connectivity index is 3.11. The van der Waals surface area contributed by atoms with Crippen molar-refractivity contribution in [3.63, 3.8) is 0 Å². The molecule has 0 N–H and O–H groups in total. The molecule has 0 radical (unpaired) electrons. The molecule has 1 rings (SSSR count). The van der Waals surface area contributed by atoms with Crippen LogP contribution in [0.25, 0.3) is 0 Å². The van der Waals surface area contributed by atoms with Gasteiger partial charge >= 0.3 is 0 Å².